The molecule has 0 fully saturated rings. The van der Waals surface area contributed by atoms with Gasteiger partial charge in [0.2, 0.25) is 0 Å². The van der Waals surface area contributed by atoms with Crippen molar-refractivity contribution in [3.63, 3.8) is 0 Å². The third-order valence-corrected chi connectivity index (χ3v) is 6.41. The lowest BCUT2D eigenvalue weighted by Crippen LogP contribution is -1.81. The molecule has 2 aliphatic heterocycles. The predicted octanol–water partition coefficient (Wildman–Crippen LogP) is 6.00. The molecule has 0 saturated carbocycles. The van der Waals surface area contributed by atoms with Crippen LogP contribution in [-0.2, 0) is 0 Å². The van der Waals surface area contributed by atoms with Crippen LogP contribution >= 0.6 is 45.7 Å². The highest BCUT2D eigenvalue weighted by Gasteiger charge is 2.04. The first-order chi connectivity index (χ1) is 13.1. The van der Waals surface area contributed by atoms with E-state index in [0.29, 0.717) is 6.04 Å². The van der Waals surface area contributed by atoms with E-state index in [9.17, 15) is 0 Å². The smallest absolute Gasteiger partial charge is 0.0658 e. The summed E-state index contributed by atoms with van der Waals surface area (Å²) in [5.74, 6) is 0. The second kappa shape index (κ2) is 6.34. The van der Waals surface area contributed by atoms with Crippen LogP contribution in [0.1, 0.15) is 24.1 Å². The zero-order valence-corrected chi connectivity index (χ0v) is 17.7. The van der Waals surface area contributed by atoms with Crippen LogP contribution < -0.4 is 0 Å². The zero-order valence-electron chi connectivity index (χ0n) is 14.4. The summed E-state index contributed by atoms with van der Waals surface area (Å²) in [7, 11) is 0. The van der Waals surface area contributed by atoms with Crippen LogP contribution in [0.4, 0.5) is 0 Å². The van der Waals surface area contributed by atoms with E-state index in [4.69, 9.17) is 6.35 Å². The van der Waals surface area contributed by atoms with E-state index in [1.807, 2.05) is 45.3 Å². The molecule has 4 nitrogen and oxygen atoms in total. The lowest BCUT2D eigenvalue weighted by Gasteiger charge is -1.94. The van der Waals surface area contributed by atoms with Crippen LogP contribution in [0.3, 0.4) is 0 Å². The molecule has 5 heterocycles. The second-order valence-corrected chi connectivity index (χ2v) is 7.94. The van der Waals surface area contributed by atoms with Gasteiger partial charge in [-0.05, 0) is 72.8 Å². The maximum Gasteiger partial charge on any atom is 0.0658 e. The Labute approximate surface area is 179 Å². The Morgan fingerprint density at radius 3 is 1.50 bits per heavy atom. The Bertz CT molecular complexity index is 1310. The van der Waals surface area contributed by atoms with E-state index in [0.717, 1.165) is 44.8 Å². The van der Waals surface area contributed by atoms with E-state index in [1.54, 1.807) is 0 Å². The summed E-state index contributed by atoms with van der Waals surface area (Å²) in [6.07, 6.45) is 7.99. The predicted molar refractivity (Wildman–Crippen MR) is 125 cm³/mol. The molecule has 0 aliphatic carbocycles. The van der Waals surface area contributed by atoms with Crippen molar-refractivity contribution in [2.45, 2.75) is 0 Å². The monoisotopic (exact) mass is 563 g/mol. The fourth-order valence-corrected chi connectivity index (χ4v) is 4.12. The Morgan fingerprint density at radius 1 is 0.615 bits per heavy atom. The molecule has 26 heavy (non-hydrogen) atoms. The minimum absolute atomic E-state index is 0.470. The number of hydrogen-bond donors (Lipinski definition) is 0. The van der Waals surface area contributed by atoms with E-state index in [2.05, 4.69) is 77.8 Å². The van der Waals surface area contributed by atoms with Gasteiger partial charge < -0.3 is 0 Å². The average molecular weight is 563 g/mol. The minimum Gasteiger partial charge on any atom is -0.283 e. The highest BCUT2D eigenvalue weighted by Crippen LogP contribution is 2.22. The lowest BCUT2D eigenvalue weighted by atomic mass is 10.3. The molecule has 2 aliphatic rings. The maximum atomic E-state index is 8.32. The van der Waals surface area contributed by atoms with Gasteiger partial charge in [0, 0.05) is 0 Å². The van der Waals surface area contributed by atoms with Crippen LogP contribution in [0.15, 0.2) is 48.5 Å². The summed E-state index contributed by atoms with van der Waals surface area (Å²) in [6, 6.07) is 14.5. The van der Waals surface area contributed by atoms with Crippen molar-refractivity contribution in [1.82, 2.24) is 15.5 Å². The van der Waals surface area contributed by atoms with Crippen molar-refractivity contribution >= 4 is 92.1 Å². The molecule has 8 bridgehead atoms. The molecule has 5 rings (SSSR count). The first-order valence-electron chi connectivity index (χ1n) is 8.50. The van der Waals surface area contributed by atoms with Crippen LogP contribution in [0.25, 0.3) is 46.4 Å². The SMILES string of the molecule is [2H]c1cc2cc3nc(cc4ccc(cc5nc(cc1n2I)C=C5)n4I)C=C3. The molecular weight excluding hydrogens is 550 g/mol. The van der Waals surface area contributed by atoms with Gasteiger partial charge in [0.05, 0.1) is 91.9 Å². The van der Waals surface area contributed by atoms with Crippen molar-refractivity contribution in [2.75, 3.05) is 0 Å². The number of rotatable bonds is 0. The third-order valence-electron chi connectivity index (χ3n) is 4.22. The van der Waals surface area contributed by atoms with Gasteiger partial charge in [-0.25, -0.2) is 9.97 Å². The fourth-order valence-electron chi connectivity index (χ4n) is 2.96. The maximum absolute atomic E-state index is 8.32. The summed E-state index contributed by atoms with van der Waals surface area (Å²) in [5.41, 5.74) is 7.42. The van der Waals surface area contributed by atoms with Crippen LogP contribution in [-0.4, -0.2) is 15.5 Å². The molecule has 0 N–H and O–H groups in total. The molecule has 0 atom stereocenters. The summed E-state index contributed by atoms with van der Waals surface area (Å²) in [5, 5.41) is 0. The summed E-state index contributed by atoms with van der Waals surface area (Å²) >= 11 is 4.52. The molecule has 0 aromatic carbocycles. The number of fused-ring (bicyclic) bond motifs is 8. The Morgan fingerprint density at radius 2 is 1.00 bits per heavy atom. The fraction of sp³-hybridized carbons (Fsp3) is 0. The second-order valence-electron chi connectivity index (χ2n) is 6.01. The van der Waals surface area contributed by atoms with Crippen LogP contribution in [0, 0.1) is 0 Å². The Kier molecular flexibility index (Phi) is 3.70. The standard InChI is InChI=1S/C20H12I2N4/c21-25-17-5-6-19(25)11-15-3-4-16(24-15)12-20-8-7-18(26(20)22)10-14-2-1-13(9-17)23-14/h1-12H/i5D. The summed E-state index contributed by atoms with van der Waals surface area (Å²) in [4.78, 5) is 9.37. The molecule has 3 aromatic rings. The number of hydrogen-bond acceptors (Lipinski definition) is 2. The molecule has 0 saturated heterocycles. The molecule has 6 heteroatoms. The van der Waals surface area contributed by atoms with Gasteiger partial charge in [0.15, 0.2) is 0 Å². The van der Waals surface area contributed by atoms with E-state index in [-0.39, 0.29) is 0 Å². The van der Waals surface area contributed by atoms with Gasteiger partial charge in [-0.15, -0.1) is 0 Å². The molecular formula is C20H12I2N4. The third kappa shape index (κ3) is 2.90. The highest BCUT2D eigenvalue weighted by atomic mass is 127. The van der Waals surface area contributed by atoms with E-state index >= 15 is 0 Å². The summed E-state index contributed by atoms with van der Waals surface area (Å²) < 4.78 is 12.4. The molecule has 0 amide bonds. The zero-order chi connectivity index (χ0) is 18.5. The first kappa shape index (κ1) is 15.2. The first-order valence-corrected chi connectivity index (χ1v) is 9.93. The van der Waals surface area contributed by atoms with Gasteiger partial charge >= 0.3 is 0 Å². The van der Waals surface area contributed by atoms with Crippen LogP contribution in [0.5, 0.6) is 0 Å². The van der Waals surface area contributed by atoms with Gasteiger partial charge in [-0.3, -0.25) is 5.56 Å². The van der Waals surface area contributed by atoms with Crippen LogP contribution in [0.2, 0.25) is 0 Å². The van der Waals surface area contributed by atoms with Crippen molar-refractivity contribution < 1.29 is 1.37 Å². The largest absolute Gasteiger partial charge is 0.283 e. The van der Waals surface area contributed by atoms with Crippen molar-refractivity contribution in [3.05, 3.63) is 71.3 Å². The number of nitrogens with zero attached hydrogens (tertiary/aromatic N) is 4. The molecule has 0 unspecified atom stereocenters. The van der Waals surface area contributed by atoms with Gasteiger partial charge in [-0.1, -0.05) is 0 Å². The van der Waals surface area contributed by atoms with Crippen molar-refractivity contribution in [3.8, 4) is 0 Å². The van der Waals surface area contributed by atoms with Crippen molar-refractivity contribution in [2.24, 2.45) is 0 Å². The van der Waals surface area contributed by atoms with Gasteiger partial charge in [0.25, 0.3) is 0 Å². The molecule has 3 aromatic heterocycles. The number of halogens is 2. The quantitative estimate of drug-likeness (QED) is 0.217. The molecule has 0 radical (unpaired) electrons. The molecule has 126 valence electrons. The number of aromatic nitrogens is 4. The highest BCUT2D eigenvalue weighted by molar-refractivity contribution is 14.1. The van der Waals surface area contributed by atoms with Gasteiger partial charge in [0.1, 0.15) is 0 Å². The minimum atomic E-state index is 0.470. The Hall–Kier alpha value is -1.94. The summed E-state index contributed by atoms with van der Waals surface area (Å²) in [6.45, 7) is 0. The van der Waals surface area contributed by atoms with E-state index < -0.39 is 0 Å². The van der Waals surface area contributed by atoms with Gasteiger partial charge in [-0.2, -0.15) is 0 Å². The van der Waals surface area contributed by atoms with Crippen molar-refractivity contribution in [1.29, 1.82) is 0 Å². The van der Waals surface area contributed by atoms with E-state index in [1.165, 1.54) is 0 Å². The molecule has 0 spiro atoms. The normalized spacial score (nSPS) is 13.2. The topological polar surface area (TPSA) is 35.6 Å². The lowest BCUT2D eigenvalue weighted by molar-refractivity contribution is 1.31. The Balaban J connectivity index is 1.93. The average Bonchev–Trinajstić information content (AvgIpc) is 3.39.